The number of anilines is 1. The Bertz CT molecular complexity index is 1430. The van der Waals surface area contributed by atoms with E-state index < -0.39 is 29.7 Å². The van der Waals surface area contributed by atoms with Gasteiger partial charge in [0.1, 0.15) is 17.7 Å². The molecule has 0 bridgehead atoms. The molecular formula is C35H47N3O4S. The van der Waals surface area contributed by atoms with Gasteiger partial charge < -0.3 is 20.3 Å². The first-order valence-corrected chi connectivity index (χ1v) is 15.6. The van der Waals surface area contributed by atoms with Gasteiger partial charge in [-0.25, -0.2) is 4.79 Å². The lowest BCUT2D eigenvalue weighted by molar-refractivity contribution is -0.143. The van der Waals surface area contributed by atoms with E-state index in [4.69, 9.17) is 4.74 Å². The van der Waals surface area contributed by atoms with Crippen LogP contribution in [-0.2, 0) is 14.3 Å². The molecule has 3 rings (SSSR count). The van der Waals surface area contributed by atoms with Crippen LogP contribution in [0.3, 0.4) is 0 Å². The van der Waals surface area contributed by atoms with Crippen molar-refractivity contribution in [1.29, 1.82) is 0 Å². The first kappa shape index (κ1) is 34.0. The highest BCUT2D eigenvalue weighted by Gasteiger charge is 2.39. The van der Waals surface area contributed by atoms with Gasteiger partial charge in [-0.3, -0.25) is 9.59 Å². The van der Waals surface area contributed by atoms with Gasteiger partial charge in [0.15, 0.2) is 0 Å². The highest BCUT2D eigenvalue weighted by atomic mass is 32.1. The number of amides is 3. The van der Waals surface area contributed by atoms with Crippen molar-refractivity contribution in [3.05, 3.63) is 77.4 Å². The van der Waals surface area contributed by atoms with Crippen molar-refractivity contribution in [3.8, 4) is 0 Å². The Morgan fingerprint density at radius 2 is 1.58 bits per heavy atom. The zero-order valence-electron chi connectivity index (χ0n) is 26.7. The molecule has 0 radical (unpaired) electrons. The minimum absolute atomic E-state index is 0.0390. The van der Waals surface area contributed by atoms with Crippen molar-refractivity contribution in [2.75, 3.05) is 11.1 Å². The normalized spacial score (nSPS) is 13.7. The number of hydrogen-bond acceptors (Lipinski definition) is 5. The lowest BCUT2D eigenvalue weighted by Crippen LogP contribution is -2.55. The molecule has 3 amide bonds. The molecule has 3 atom stereocenters. The number of carbonyl (C=O) groups excluding carboxylic acids is 3. The van der Waals surface area contributed by atoms with Crippen molar-refractivity contribution in [2.45, 2.75) is 92.0 Å². The van der Waals surface area contributed by atoms with Gasteiger partial charge in [0.05, 0.1) is 0 Å². The third kappa shape index (κ3) is 9.48. The van der Waals surface area contributed by atoms with Crippen LogP contribution in [0.4, 0.5) is 10.5 Å². The summed E-state index contributed by atoms with van der Waals surface area (Å²) in [5.41, 5.74) is 2.50. The topological polar surface area (TPSA) is 87.7 Å². The monoisotopic (exact) mass is 605 g/mol. The van der Waals surface area contributed by atoms with Gasteiger partial charge in [-0.15, -0.1) is 0 Å². The fourth-order valence-electron chi connectivity index (χ4n) is 5.08. The van der Waals surface area contributed by atoms with Gasteiger partial charge in [-0.05, 0) is 94.3 Å². The molecule has 43 heavy (non-hydrogen) atoms. The zero-order chi connectivity index (χ0) is 31.9. The van der Waals surface area contributed by atoms with Gasteiger partial charge in [0.25, 0.3) is 5.91 Å². The van der Waals surface area contributed by atoms with Crippen molar-refractivity contribution in [3.63, 3.8) is 0 Å². The highest BCUT2D eigenvalue weighted by Crippen LogP contribution is 2.32. The van der Waals surface area contributed by atoms with E-state index in [1.807, 2.05) is 81.4 Å². The summed E-state index contributed by atoms with van der Waals surface area (Å²) in [6.07, 6.45) is 0.834. The third-order valence-corrected chi connectivity index (χ3v) is 7.70. The fraction of sp³-hybridized carbons (Fsp3) is 0.457. The summed E-state index contributed by atoms with van der Waals surface area (Å²) >= 11 is 4.43. The molecule has 232 valence electrons. The van der Waals surface area contributed by atoms with Crippen molar-refractivity contribution in [1.82, 2.24) is 10.2 Å². The lowest BCUT2D eigenvalue weighted by atomic mass is 9.93. The molecule has 0 aliphatic carbocycles. The average Bonchev–Trinajstić information content (AvgIpc) is 2.93. The zero-order valence-corrected chi connectivity index (χ0v) is 27.6. The molecule has 8 heteroatoms. The number of thiol groups is 1. The van der Waals surface area contributed by atoms with E-state index in [1.165, 1.54) is 0 Å². The molecule has 0 aliphatic heterocycles. The second-order valence-corrected chi connectivity index (χ2v) is 13.1. The molecule has 7 nitrogen and oxygen atoms in total. The molecule has 3 aromatic carbocycles. The molecule has 0 aliphatic rings. The van der Waals surface area contributed by atoms with Crippen molar-refractivity contribution in [2.24, 2.45) is 5.92 Å². The van der Waals surface area contributed by atoms with Crippen LogP contribution < -0.4 is 10.6 Å². The largest absolute Gasteiger partial charge is 0.444 e. The van der Waals surface area contributed by atoms with Gasteiger partial charge >= 0.3 is 6.09 Å². The summed E-state index contributed by atoms with van der Waals surface area (Å²) in [6.45, 7) is 15.4. The van der Waals surface area contributed by atoms with Crippen LogP contribution in [0.2, 0.25) is 0 Å². The second kappa shape index (κ2) is 14.8. The number of aryl methyl sites for hydroxylation is 2. The average molecular weight is 606 g/mol. The Morgan fingerprint density at radius 3 is 2.21 bits per heavy atom. The SMILES string of the molecule is Cc1ccc(C)c(C(C(=O)Nc2ccc3ccccc3c2)N(C(=O)C(CS)NC(=O)OC(C)(C)C)C(C)CCC(C)C)c1. The molecule has 0 saturated heterocycles. The van der Waals surface area contributed by atoms with Gasteiger partial charge in [-0.1, -0.05) is 67.9 Å². The summed E-state index contributed by atoms with van der Waals surface area (Å²) in [5, 5.41) is 7.87. The first-order chi connectivity index (χ1) is 20.2. The van der Waals surface area contributed by atoms with Gasteiger partial charge in [0.2, 0.25) is 5.91 Å². The number of ether oxygens (including phenoxy) is 1. The van der Waals surface area contributed by atoms with Crippen molar-refractivity contribution < 1.29 is 19.1 Å². The number of alkyl carbamates (subject to hydrolysis) is 1. The lowest BCUT2D eigenvalue weighted by Gasteiger charge is -2.39. The van der Waals surface area contributed by atoms with Gasteiger partial charge in [0, 0.05) is 17.5 Å². The number of rotatable bonds is 11. The first-order valence-electron chi connectivity index (χ1n) is 15.0. The maximum Gasteiger partial charge on any atom is 0.408 e. The predicted octanol–water partition coefficient (Wildman–Crippen LogP) is 7.61. The molecule has 0 saturated carbocycles. The number of carbonyl (C=O) groups is 3. The number of nitrogens with one attached hydrogen (secondary N) is 2. The van der Waals surface area contributed by atoms with Crippen LogP contribution in [0.25, 0.3) is 10.8 Å². The quantitative estimate of drug-likeness (QED) is 0.196. The Balaban J connectivity index is 2.10. The Labute approximate surface area is 262 Å². The molecule has 0 fully saturated rings. The maximum absolute atomic E-state index is 14.4. The molecule has 0 heterocycles. The maximum atomic E-state index is 14.4. The summed E-state index contributed by atoms with van der Waals surface area (Å²) in [4.78, 5) is 43.2. The van der Waals surface area contributed by atoms with Crippen LogP contribution >= 0.6 is 12.6 Å². The Hall–Kier alpha value is -3.52. The Kier molecular flexibility index (Phi) is 11.7. The van der Waals surface area contributed by atoms with E-state index in [0.717, 1.165) is 33.9 Å². The summed E-state index contributed by atoms with van der Waals surface area (Å²) in [5.74, 6) is -0.275. The smallest absolute Gasteiger partial charge is 0.408 e. The minimum Gasteiger partial charge on any atom is -0.444 e. The fourth-order valence-corrected chi connectivity index (χ4v) is 5.32. The second-order valence-electron chi connectivity index (χ2n) is 12.8. The summed E-state index contributed by atoms with van der Waals surface area (Å²) < 4.78 is 5.45. The van der Waals surface area contributed by atoms with Crippen LogP contribution in [0.5, 0.6) is 0 Å². The molecule has 0 spiro atoms. The highest BCUT2D eigenvalue weighted by molar-refractivity contribution is 7.80. The van der Waals surface area contributed by atoms with E-state index in [1.54, 1.807) is 25.7 Å². The van der Waals surface area contributed by atoms with Crippen LogP contribution in [0, 0.1) is 19.8 Å². The van der Waals surface area contributed by atoms with Crippen molar-refractivity contribution >= 4 is 47.0 Å². The van der Waals surface area contributed by atoms with Gasteiger partial charge in [-0.2, -0.15) is 12.6 Å². The van der Waals surface area contributed by atoms with E-state index in [-0.39, 0.29) is 17.7 Å². The number of fused-ring (bicyclic) bond motifs is 1. The third-order valence-electron chi connectivity index (χ3n) is 7.34. The molecule has 3 unspecified atom stereocenters. The minimum atomic E-state index is -0.999. The molecule has 0 aromatic heterocycles. The van der Waals surface area contributed by atoms with E-state index in [9.17, 15) is 14.4 Å². The molecule has 2 N–H and O–H groups in total. The number of benzene rings is 3. The summed E-state index contributed by atoms with van der Waals surface area (Å²) in [7, 11) is 0. The van der Waals surface area contributed by atoms with E-state index in [2.05, 4.69) is 37.1 Å². The number of hydrogen-bond donors (Lipinski definition) is 3. The Morgan fingerprint density at radius 1 is 0.907 bits per heavy atom. The van der Waals surface area contributed by atoms with Crippen LogP contribution in [0.1, 0.15) is 77.1 Å². The van der Waals surface area contributed by atoms with E-state index >= 15 is 0 Å². The molecular weight excluding hydrogens is 558 g/mol. The number of nitrogens with zero attached hydrogens (tertiary/aromatic N) is 1. The molecule has 3 aromatic rings. The standard InChI is InChI=1S/C35H47N3O4S/c1-22(2)13-16-25(5)38(33(40)30(21-43)37-34(41)42-35(6,7)8)31(29-19-23(3)14-15-24(29)4)32(39)36-28-18-17-26-11-9-10-12-27(26)20-28/h9-12,14-15,17-20,22,25,30-31,43H,13,16,21H2,1-8H3,(H,36,39)(H,37,41). The van der Waals surface area contributed by atoms with Crippen LogP contribution in [-0.4, -0.2) is 46.2 Å². The summed E-state index contributed by atoms with van der Waals surface area (Å²) in [6, 6.07) is 17.4. The van der Waals surface area contributed by atoms with Crippen LogP contribution in [0.15, 0.2) is 60.7 Å². The van der Waals surface area contributed by atoms with E-state index in [0.29, 0.717) is 18.0 Å². The predicted molar refractivity (Wildman–Crippen MR) is 179 cm³/mol.